The summed E-state index contributed by atoms with van der Waals surface area (Å²) < 4.78 is 21.7. The van der Waals surface area contributed by atoms with E-state index in [4.69, 9.17) is 18.9 Å². The second-order valence-corrected chi connectivity index (χ2v) is 10.0. The molecule has 1 amide bonds. The SMILES string of the molecule is COC(=O)c1[nH]c2ccc(OC)cc2c1[C@]12CCN(C(=O)Cc3ccc4c(c3)OCO4)[C@H]1Nc1ccccc12. The minimum Gasteiger partial charge on any atom is -0.497 e. The van der Waals surface area contributed by atoms with Crippen molar-refractivity contribution in [2.24, 2.45) is 0 Å². The third kappa shape index (κ3) is 3.39. The summed E-state index contributed by atoms with van der Waals surface area (Å²) >= 11 is 0. The Bertz CT molecular complexity index is 1650. The number of esters is 1. The number of likely N-dealkylation sites (tertiary alicyclic amines) is 1. The predicted molar refractivity (Wildman–Crippen MR) is 143 cm³/mol. The van der Waals surface area contributed by atoms with E-state index < -0.39 is 17.6 Å². The third-order valence-corrected chi connectivity index (χ3v) is 8.18. The highest BCUT2D eigenvalue weighted by molar-refractivity contribution is 6.01. The lowest BCUT2D eigenvalue weighted by molar-refractivity contribution is -0.131. The van der Waals surface area contributed by atoms with Gasteiger partial charge in [-0.1, -0.05) is 24.3 Å². The van der Waals surface area contributed by atoms with E-state index in [1.807, 2.05) is 59.5 Å². The van der Waals surface area contributed by atoms with Crippen LogP contribution in [-0.4, -0.2) is 55.5 Å². The van der Waals surface area contributed by atoms with Crippen LogP contribution in [-0.2, 0) is 21.4 Å². The van der Waals surface area contributed by atoms with Gasteiger partial charge in [0.1, 0.15) is 17.6 Å². The van der Waals surface area contributed by atoms with Crippen LogP contribution in [0.15, 0.2) is 60.7 Å². The number of H-pyrrole nitrogens is 1. The zero-order valence-corrected chi connectivity index (χ0v) is 21.6. The number of rotatable bonds is 5. The summed E-state index contributed by atoms with van der Waals surface area (Å²) in [6.07, 6.45) is 0.445. The van der Waals surface area contributed by atoms with Crippen molar-refractivity contribution in [2.75, 3.05) is 32.9 Å². The first-order chi connectivity index (χ1) is 19.0. The average molecular weight is 526 g/mol. The molecule has 0 radical (unpaired) electrons. The Balaban J connectivity index is 1.36. The number of anilines is 1. The van der Waals surface area contributed by atoms with Crippen LogP contribution in [0.25, 0.3) is 10.9 Å². The Kier molecular flexibility index (Phi) is 5.23. The van der Waals surface area contributed by atoms with Gasteiger partial charge in [-0.15, -0.1) is 0 Å². The number of aromatic nitrogens is 1. The fourth-order valence-corrected chi connectivity index (χ4v) is 6.47. The van der Waals surface area contributed by atoms with Crippen LogP contribution in [0.2, 0.25) is 0 Å². The fourth-order valence-electron chi connectivity index (χ4n) is 6.47. The van der Waals surface area contributed by atoms with Gasteiger partial charge in [0.05, 0.1) is 26.1 Å². The van der Waals surface area contributed by atoms with E-state index in [2.05, 4.69) is 16.4 Å². The number of hydrogen-bond acceptors (Lipinski definition) is 7. The number of carbonyl (C=O) groups is 2. The van der Waals surface area contributed by atoms with Gasteiger partial charge in [0.15, 0.2) is 11.5 Å². The molecule has 0 spiro atoms. The van der Waals surface area contributed by atoms with Crippen LogP contribution in [0.5, 0.6) is 17.2 Å². The Morgan fingerprint density at radius 1 is 1.05 bits per heavy atom. The molecule has 3 aromatic carbocycles. The summed E-state index contributed by atoms with van der Waals surface area (Å²) in [6, 6.07) is 19.4. The van der Waals surface area contributed by atoms with Crippen LogP contribution in [0.1, 0.15) is 33.6 Å². The molecule has 1 saturated heterocycles. The number of ether oxygens (including phenoxy) is 4. The molecule has 198 valence electrons. The van der Waals surface area contributed by atoms with Crippen molar-refractivity contribution in [1.82, 2.24) is 9.88 Å². The minimum atomic E-state index is -0.685. The molecule has 2 N–H and O–H groups in total. The lowest BCUT2D eigenvalue weighted by Crippen LogP contribution is -2.47. The van der Waals surface area contributed by atoms with Gasteiger partial charge in [-0.05, 0) is 53.9 Å². The van der Waals surface area contributed by atoms with Gasteiger partial charge in [-0.3, -0.25) is 4.79 Å². The summed E-state index contributed by atoms with van der Waals surface area (Å²) in [5.74, 6) is 1.54. The summed E-state index contributed by atoms with van der Waals surface area (Å²) in [7, 11) is 3.00. The first kappa shape index (κ1) is 23.5. The fraction of sp³-hybridized carbons (Fsp3) is 0.267. The summed E-state index contributed by atoms with van der Waals surface area (Å²) in [4.78, 5) is 32.2. The van der Waals surface area contributed by atoms with Crippen LogP contribution >= 0.6 is 0 Å². The van der Waals surface area contributed by atoms with Crippen molar-refractivity contribution in [3.63, 3.8) is 0 Å². The first-order valence-electron chi connectivity index (χ1n) is 12.9. The van der Waals surface area contributed by atoms with Crippen LogP contribution < -0.4 is 19.5 Å². The number of aromatic amines is 1. The van der Waals surface area contributed by atoms with Gasteiger partial charge < -0.3 is 34.1 Å². The number of hydrogen-bond donors (Lipinski definition) is 2. The molecule has 0 saturated carbocycles. The molecular weight excluding hydrogens is 498 g/mol. The number of amides is 1. The van der Waals surface area contributed by atoms with E-state index in [9.17, 15) is 9.59 Å². The lowest BCUT2D eigenvalue weighted by atomic mass is 9.72. The summed E-state index contributed by atoms with van der Waals surface area (Å²) in [5.41, 5.74) is 4.14. The molecule has 0 bridgehead atoms. The smallest absolute Gasteiger partial charge is 0.354 e. The third-order valence-electron chi connectivity index (χ3n) is 8.18. The topological polar surface area (TPSA) is 102 Å². The molecule has 3 aliphatic heterocycles. The van der Waals surface area contributed by atoms with Gasteiger partial charge in [0.25, 0.3) is 0 Å². The normalized spacial score (nSPS) is 20.5. The summed E-state index contributed by atoms with van der Waals surface area (Å²) in [6.45, 7) is 0.705. The Hall–Kier alpha value is -4.66. The maximum Gasteiger partial charge on any atom is 0.354 e. The van der Waals surface area contributed by atoms with Crippen LogP contribution in [0.3, 0.4) is 0 Å². The quantitative estimate of drug-likeness (QED) is 0.377. The lowest BCUT2D eigenvalue weighted by Gasteiger charge is -2.33. The van der Waals surface area contributed by atoms with E-state index in [1.54, 1.807) is 7.11 Å². The molecule has 3 aliphatic rings. The van der Waals surface area contributed by atoms with Crippen molar-refractivity contribution < 1.29 is 28.5 Å². The minimum absolute atomic E-state index is 0.0157. The highest BCUT2D eigenvalue weighted by Crippen LogP contribution is 2.55. The molecule has 7 rings (SSSR count). The van der Waals surface area contributed by atoms with Crippen molar-refractivity contribution >= 4 is 28.5 Å². The van der Waals surface area contributed by atoms with Crippen LogP contribution in [0, 0.1) is 0 Å². The molecule has 4 heterocycles. The van der Waals surface area contributed by atoms with E-state index in [1.165, 1.54) is 7.11 Å². The van der Waals surface area contributed by atoms with Gasteiger partial charge in [0.2, 0.25) is 12.7 Å². The molecule has 0 unspecified atom stereocenters. The molecule has 9 heteroatoms. The Morgan fingerprint density at radius 3 is 2.74 bits per heavy atom. The van der Waals surface area contributed by atoms with Crippen molar-refractivity contribution in [3.05, 3.63) is 83.0 Å². The second kappa shape index (κ2) is 8.69. The Morgan fingerprint density at radius 2 is 1.90 bits per heavy atom. The molecule has 2 atom stereocenters. The zero-order valence-electron chi connectivity index (χ0n) is 21.6. The number of carbonyl (C=O) groups excluding carboxylic acids is 2. The second-order valence-electron chi connectivity index (χ2n) is 10.0. The largest absolute Gasteiger partial charge is 0.497 e. The molecule has 39 heavy (non-hydrogen) atoms. The molecule has 4 aromatic rings. The highest BCUT2D eigenvalue weighted by atomic mass is 16.7. The Labute approximate surface area is 224 Å². The maximum absolute atomic E-state index is 13.9. The van der Waals surface area contributed by atoms with E-state index >= 15 is 0 Å². The van der Waals surface area contributed by atoms with E-state index in [0.29, 0.717) is 35.9 Å². The molecule has 9 nitrogen and oxygen atoms in total. The van der Waals surface area contributed by atoms with Crippen LogP contribution in [0.4, 0.5) is 5.69 Å². The molecular formula is C30H27N3O6. The van der Waals surface area contributed by atoms with E-state index in [0.717, 1.165) is 33.3 Å². The van der Waals surface area contributed by atoms with Gasteiger partial charge in [-0.25, -0.2) is 4.79 Å². The van der Waals surface area contributed by atoms with Crippen molar-refractivity contribution in [3.8, 4) is 17.2 Å². The standard InChI is InChI=1S/C30H27N3O6/c1-36-18-8-9-21-19(15-18)26(27(31-21)28(35)37-2)30-11-12-33(29(30)32-22-6-4-3-5-20(22)30)25(34)14-17-7-10-23-24(13-17)39-16-38-23/h3-10,13,15,29,31-32H,11-12,14,16H2,1-2H3/t29-,30-/m1/s1. The number of fused-ring (bicyclic) bond motifs is 5. The molecule has 0 aliphatic carbocycles. The first-order valence-corrected chi connectivity index (χ1v) is 12.9. The zero-order chi connectivity index (χ0) is 26.7. The number of nitrogens with one attached hydrogen (secondary N) is 2. The number of nitrogens with zero attached hydrogens (tertiary/aromatic N) is 1. The van der Waals surface area contributed by atoms with E-state index in [-0.39, 0.29) is 19.1 Å². The van der Waals surface area contributed by atoms with Gasteiger partial charge >= 0.3 is 5.97 Å². The monoisotopic (exact) mass is 525 g/mol. The average Bonchev–Trinajstić information content (AvgIpc) is 3.72. The number of methoxy groups -OCH3 is 2. The van der Waals surface area contributed by atoms with Gasteiger partial charge in [0, 0.05) is 28.7 Å². The molecule has 1 aromatic heterocycles. The summed E-state index contributed by atoms with van der Waals surface area (Å²) in [5, 5.41) is 4.49. The van der Waals surface area contributed by atoms with Crippen molar-refractivity contribution in [1.29, 1.82) is 0 Å². The predicted octanol–water partition coefficient (Wildman–Crippen LogP) is 4.20. The molecule has 1 fully saturated rings. The highest BCUT2D eigenvalue weighted by Gasteiger charge is 2.58. The number of para-hydroxylation sites is 1. The van der Waals surface area contributed by atoms with Gasteiger partial charge in [-0.2, -0.15) is 0 Å². The van der Waals surface area contributed by atoms with Crippen molar-refractivity contribution in [2.45, 2.75) is 24.4 Å². The maximum atomic E-state index is 13.9. The number of benzene rings is 3.